The topological polar surface area (TPSA) is 44.5 Å². The van der Waals surface area contributed by atoms with Crippen LogP contribution in [-0.4, -0.2) is 25.9 Å². The summed E-state index contributed by atoms with van der Waals surface area (Å²) in [5.74, 6) is 0. The van der Waals surface area contributed by atoms with Gasteiger partial charge >= 0.3 is 0 Å². The van der Waals surface area contributed by atoms with Gasteiger partial charge in [0.2, 0.25) is 0 Å². The summed E-state index contributed by atoms with van der Waals surface area (Å²) in [6, 6.07) is 8.43. The van der Waals surface area contributed by atoms with Gasteiger partial charge in [0.1, 0.15) is 6.10 Å². The molecule has 0 radical (unpaired) electrons. The molecule has 17 heavy (non-hydrogen) atoms. The molecule has 0 spiro atoms. The van der Waals surface area contributed by atoms with Crippen LogP contribution in [0, 0.1) is 0 Å². The van der Waals surface area contributed by atoms with Gasteiger partial charge in [-0.15, -0.1) is 0 Å². The first-order valence-electron chi connectivity index (χ1n) is 6.35. The van der Waals surface area contributed by atoms with Crippen LogP contribution in [0.1, 0.15) is 30.5 Å². The van der Waals surface area contributed by atoms with Crippen molar-refractivity contribution in [2.75, 3.05) is 19.8 Å². The third-order valence-electron chi connectivity index (χ3n) is 3.15. The normalized spacial score (nSPS) is 22.4. The Morgan fingerprint density at radius 1 is 1.29 bits per heavy atom. The van der Waals surface area contributed by atoms with Gasteiger partial charge in [0.05, 0.1) is 25.9 Å². The van der Waals surface area contributed by atoms with Crippen LogP contribution in [0.3, 0.4) is 0 Å². The molecule has 94 valence electrons. The number of ether oxygens (including phenoxy) is 2. The van der Waals surface area contributed by atoms with E-state index in [0.717, 1.165) is 12.0 Å². The van der Waals surface area contributed by atoms with E-state index < -0.39 is 0 Å². The van der Waals surface area contributed by atoms with Crippen molar-refractivity contribution in [2.45, 2.75) is 31.9 Å². The number of aryl methyl sites for hydroxylation is 1. The minimum Gasteiger partial charge on any atom is -0.376 e. The molecule has 1 saturated heterocycles. The second-order valence-corrected chi connectivity index (χ2v) is 4.50. The van der Waals surface area contributed by atoms with Crippen LogP contribution < -0.4 is 5.73 Å². The predicted octanol–water partition coefficient (Wildman–Crippen LogP) is 2.05. The minimum absolute atomic E-state index is 0.0132. The Kier molecular flexibility index (Phi) is 4.54. The van der Waals surface area contributed by atoms with Crippen molar-refractivity contribution in [1.29, 1.82) is 0 Å². The molecule has 1 aliphatic heterocycles. The lowest BCUT2D eigenvalue weighted by Crippen LogP contribution is -2.37. The summed E-state index contributed by atoms with van der Waals surface area (Å²) in [5, 5.41) is 0. The summed E-state index contributed by atoms with van der Waals surface area (Å²) >= 11 is 0. The van der Waals surface area contributed by atoms with Crippen molar-refractivity contribution in [1.82, 2.24) is 0 Å². The Labute approximate surface area is 103 Å². The van der Waals surface area contributed by atoms with Crippen molar-refractivity contribution >= 4 is 0 Å². The second-order valence-electron chi connectivity index (χ2n) is 4.50. The van der Waals surface area contributed by atoms with Crippen LogP contribution in [0.2, 0.25) is 0 Å². The smallest absolute Gasteiger partial charge is 0.100 e. The van der Waals surface area contributed by atoms with Gasteiger partial charge in [-0.25, -0.2) is 0 Å². The number of rotatable bonds is 4. The first-order chi connectivity index (χ1) is 8.31. The largest absolute Gasteiger partial charge is 0.376 e. The van der Waals surface area contributed by atoms with Crippen molar-refractivity contribution < 1.29 is 9.47 Å². The molecule has 3 nitrogen and oxygen atoms in total. The van der Waals surface area contributed by atoms with Crippen LogP contribution in [0.5, 0.6) is 0 Å². The first kappa shape index (κ1) is 12.6. The average Bonchev–Trinajstić information content (AvgIpc) is 2.40. The van der Waals surface area contributed by atoms with Gasteiger partial charge in [-0.3, -0.25) is 0 Å². The van der Waals surface area contributed by atoms with Gasteiger partial charge in [0.25, 0.3) is 0 Å². The summed E-state index contributed by atoms with van der Waals surface area (Å²) in [4.78, 5) is 0. The molecule has 0 aliphatic carbocycles. The number of benzene rings is 1. The van der Waals surface area contributed by atoms with Crippen molar-refractivity contribution in [3.05, 3.63) is 35.4 Å². The fraction of sp³-hybridized carbons (Fsp3) is 0.571. The predicted molar refractivity (Wildman–Crippen MR) is 67.9 cm³/mol. The Morgan fingerprint density at radius 3 is 2.65 bits per heavy atom. The minimum atomic E-state index is -0.0917. The molecule has 2 atom stereocenters. The fourth-order valence-corrected chi connectivity index (χ4v) is 2.12. The van der Waals surface area contributed by atoms with E-state index in [1.807, 2.05) is 0 Å². The summed E-state index contributed by atoms with van der Waals surface area (Å²) in [7, 11) is 0. The van der Waals surface area contributed by atoms with E-state index in [0.29, 0.717) is 19.8 Å². The third kappa shape index (κ3) is 3.28. The van der Waals surface area contributed by atoms with E-state index in [4.69, 9.17) is 15.2 Å². The molecular weight excluding hydrogens is 214 g/mol. The standard InChI is InChI=1S/C14H21NO2/c1-2-3-11-4-6-12(7-5-11)14(15)13-10-16-8-9-17-13/h4-7,13-14H,2-3,8-10,15H2,1H3. The Hall–Kier alpha value is -0.900. The molecule has 1 heterocycles. The zero-order valence-electron chi connectivity index (χ0n) is 10.4. The van der Waals surface area contributed by atoms with Crippen molar-refractivity contribution in [3.8, 4) is 0 Å². The molecule has 2 rings (SSSR count). The lowest BCUT2D eigenvalue weighted by atomic mass is 9.99. The van der Waals surface area contributed by atoms with Crippen LogP contribution in [-0.2, 0) is 15.9 Å². The quantitative estimate of drug-likeness (QED) is 0.868. The molecule has 0 saturated carbocycles. The summed E-state index contributed by atoms with van der Waals surface area (Å²) < 4.78 is 11.0. The van der Waals surface area contributed by atoms with Gasteiger partial charge in [0, 0.05) is 0 Å². The maximum Gasteiger partial charge on any atom is 0.100 e. The van der Waals surface area contributed by atoms with E-state index >= 15 is 0 Å². The molecular formula is C14H21NO2. The SMILES string of the molecule is CCCc1ccc(C(N)C2COCCO2)cc1. The third-order valence-corrected chi connectivity index (χ3v) is 3.15. The first-order valence-corrected chi connectivity index (χ1v) is 6.35. The zero-order valence-corrected chi connectivity index (χ0v) is 10.4. The Morgan fingerprint density at radius 2 is 2.06 bits per heavy atom. The molecule has 3 heteroatoms. The summed E-state index contributed by atoms with van der Waals surface area (Å²) in [5.41, 5.74) is 8.68. The lowest BCUT2D eigenvalue weighted by Gasteiger charge is -2.28. The number of hydrogen-bond acceptors (Lipinski definition) is 3. The highest BCUT2D eigenvalue weighted by Crippen LogP contribution is 2.20. The van der Waals surface area contributed by atoms with E-state index in [1.165, 1.54) is 12.0 Å². The fourth-order valence-electron chi connectivity index (χ4n) is 2.12. The summed E-state index contributed by atoms with van der Waals surface area (Å²) in [6.45, 7) is 4.11. The molecule has 2 unspecified atom stereocenters. The molecule has 2 N–H and O–H groups in total. The zero-order chi connectivity index (χ0) is 12.1. The molecule has 0 amide bonds. The Balaban J connectivity index is 2.00. The van der Waals surface area contributed by atoms with E-state index in [9.17, 15) is 0 Å². The maximum absolute atomic E-state index is 6.19. The Bertz CT molecular complexity index is 331. The van der Waals surface area contributed by atoms with Gasteiger partial charge in [0.15, 0.2) is 0 Å². The monoisotopic (exact) mass is 235 g/mol. The highest BCUT2D eigenvalue weighted by molar-refractivity contribution is 5.25. The van der Waals surface area contributed by atoms with Crippen LogP contribution >= 0.6 is 0 Å². The van der Waals surface area contributed by atoms with Crippen molar-refractivity contribution in [2.24, 2.45) is 5.73 Å². The highest BCUT2D eigenvalue weighted by Gasteiger charge is 2.23. The van der Waals surface area contributed by atoms with Gasteiger partial charge < -0.3 is 15.2 Å². The van der Waals surface area contributed by atoms with Gasteiger partial charge in [-0.05, 0) is 17.5 Å². The van der Waals surface area contributed by atoms with Gasteiger partial charge in [-0.1, -0.05) is 37.6 Å². The molecule has 0 aromatic heterocycles. The molecule has 1 aromatic carbocycles. The maximum atomic E-state index is 6.19. The molecule has 1 aromatic rings. The highest BCUT2D eigenvalue weighted by atomic mass is 16.6. The molecule has 0 bridgehead atoms. The number of hydrogen-bond donors (Lipinski definition) is 1. The summed E-state index contributed by atoms with van der Waals surface area (Å²) in [6.07, 6.45) is 2.28. The van der Waals surface area contributed by atoms with E-state index in [2.05, 4.69) is 31.2 Å². The molecule has 1 aliphatic rings. The molecule has 1 fully saturated rings. The van der Waals surface area contributed by atoms with E-state index in [1.54, 1.807) is 0 Å². The van der Waals surface area contributed by atoms with E-state index in [-0.39, 0.29) is 12.1 Å². The lowest BCUT2D eigenvalue weighted by molar-refractivity contribution is -0.0975. The van der Waals surface area contributed by atoms with Crippen LogP contribution in [0.4, 0.5) is 0 Å². The van der Waals surface area contributed by atoms with Crippen LogP contribution in [0.15, 0.2) is 24.3 Å². The number of nitrogens with two attached hydrogens (primary N) is 1. The van der Waals surface area contributed by atoms with Crippen molar-refractivity contribution in [3.63, 3.8) is 0 Å². The average molecular weight is 235 g/mol. The van der Waals surface area contributed by atoms with Gasteiger partial charge in [-0.2, -0.15) is 0 Å². The van der Waals surface area contributed by atoms with Crippen LogP contribution in [0.25, 0.3) is 0 Å². The second kappa shape index (κ2) is 6.15.